The molecule has 1 aromatic rings. The largest absolute Gasteiger partial charge is 0.411 e. The third-order valence-corrected chi connectivity index (χ3v) is 10.1. The Balaban J connectivity index is 2.52. The number of hydrogen-bond donors (Lipinski definition) is 3. The van der Waals surface area contributed by atoms with Crippen molar-refractivity contribution in [3.63, 3.8) is 0 Å². The van der Waals surface area contributed by atoms with Gasteiger partial charge in [0, 0.05) is 18.2 Å². The lowest BCUT2D eigenvalue weighted by Gasteiger charge is -2.42. The van der Waals surface area contributed by atoms with Crippen molar-refractivity contribution in [3.05, 3.63) is 33.1 Å². The maximum atomic E-state index is 12.2. The molecule has 2 heterocycles. The third-order valence-electron chi connectivity index (χ3n) is 5.63. The molecule has 0 bridgehead atoms. The predicted octanol–water partition coefficient (Wildman–Crippen LogP) is 1.28. The van der Waals surface area contributed by atoms with Crippen molar-refractivity contribution in [2.75, 3.05) is 6.61 Å². The van der Waals surface area contributed by atoms with Crippen LogP contribution in [0.2, 0.25) is 18.1 Å². The van der Waals surface area contributed by atoms with Crippen molar-refractivity contribution in [1.29, 1.82) is 0 Å². The third kappa shape index (κ3) is 3.93. The second kappa shape index (κ2) is 7.34. The number of nitrogens with zero attached hydrogens (tertiary/aromatic N) is 2. The van der Waals surface area contributed by atoms with Gasteiger partial charge in [-0.15, -0.1) is 0 Å². The van der Waals surface area contributed by atoms with Gasteiger partial charge in [-0.3, -0.25) is 14.3 Å². The van der Waals surface area contributed by atoms with Gasteiger partial charge in [-0.25, -0.2) is 4.79 Å². The van der Waals surface area contributed by atoms with Crippen LogP contribution in [-0.2, 0) is 9.16 Å². The fourth-order valence-corrected chi connectivity index (χ4v) is 4.40. The van der Waals surface area contributed by atoms with Crippen LogP contribution in [0.5, 0.6) is 0 Å². The first-order valence-corrected chi connectivity index (χ1v) is 11.8. The molecule has 1 fully saturated rings. The number of hydrogen-bond acceptors (Lipinski definition) is 7. The van der Waals surface area contributed by atoms with Gasteiger partial charge in [0.2, 0.25) is 0 Å². The summed E-state index contributed by atoms with van der Waals surface area (Å²) in [4.78, 5) is 25.8. The number of aromatic nitrogens is 2. The summed E-state index contributed by atoms with van der Waals surface area (Å²) in [6.07, 6.45) is 0.991. The average molecular weight is 400 g/mol. The Kier molecular flexibility index (Phi) is 5.86. The van der Waals surface area contributed by atoms with E-state index in [0.29, 0.717) is 0 Å². The van der Waals surface area contributed by atoms with E-state index in [1.807, 2.05) is 6.92 Å². The molecular formula is C17H29N3O6Si. The first kappa shape index (κ1) is 21.5. The lowest BCUT2D eigenvalue weighted by Crippen LogP contribution is -2.54. The van der Waals surface area contributed by atoms with E-state index < -0.39 is 44.1 Å². The fourth-order valence-electron chi connectivity index (χ4n) is 3.00. The van der Waals surface area contributed by atoms with Gasteiger partial charge in [0.15, 0.2) is 13.9 Å². The van der Waals surface area contributed by atoms with E-state index in [0.717, 1.165) is 6.21 Å². The van der Waals surface area contributed by atoms with Gasteiger partial charge in [0.25, 0.3) is 5.56 Å². The van der Waals surface area contributed by atoms with Crippen LogP contribution in [0, 0.1) is 5.92 Å². The molecule has 4 atom stereocenters. The Morgan fingerprint density at radius 1 is 1.44 bits per heavy atom. The minimum atomic E-state index is -2.28. The zero-order valence-corrected chi connectivity index (χ0v) is 17.6. The molecule has 1 aliphatic rings. The first-order valence-electron chi connectivity index (χ1n) is 8.85. The smallest absolute Gasteiger partial charge is 0.330 e. The van der Waals surface area contributed by atoms with Crippen LogP contribution >= 0.6 is 0 Å². The molecule has 1 aromatic heterocycles. The van der Waals surface area contributed by atoms with E-state index in [9.17, 15) is 14.7 Å². The Morgan fingerprint density at radius 3 is 2.56 bits per heavy atom. The molecule has 0 saturated carbocycles. The highest BCUT2D eigenvalue weighted by Crippen LogP contribution is 2.46. The maximum Gasteiger partial charge on any atom is 0.330 e. The van der Waals surface area contributed by atoms with Crippen molar-refractivity contribution >= 4 is 14.5 Å². The van der Waals surface area contributed by atoms with E-state index in [1.165, 1.54) is 16.8 Å². The van der Waals surface area contributed by atoms with Gasteiger partial charge in [-0.1, -0.05) is 32.9 Å². The Bertz CT molecular complexity index is 812. The number of rotatable bonds is 5. The molecule has 3 N–H and O–H groups in total. The molecule has 152 valence electrons. The zero-order chi connectivity index (χ0) is 20.6. The second-order valence-corrected chi connectivity index (χ2v) is 13.3. The molecule has 0 spiro atoms. The summed E-state index contributed by atoms with van der Waals surface area (Å²) in [5, 5.41) is 22.2. The SMILES string of the molecule is CC1C(n2ccc(=O)[nH]c2=O)OC(/C=N/O)(CO)C1O[Si](C)(C)C(C)(C)C. The number of oxime groups is 1. The van der Waals surface area contributed by atoms with Gasteiger partial charge in [-0.2, -0.15) is 0 Å². The van der Waals surface area contributed by atoms with Crippen LogP contribution in [0.25, 0.3) is 0 Å². The Hall–Kier alpha value is -1.75. The molecule has 10 heteroatoms. The number of H-pyrrole nitrogens is 1. The topological polar surface area (TPSA) is 126 Å². The highest BCUT2D eigenvalue weighted by molar-refractivity contribution is 6.74. The molecule has 0 aliphatic carbocycles. The number of aliphatic hydroxyl groups is 1. The average Bonchev–Trinajstić information content (AvgIpc) is 2.80. The molecule has 1 saturated heterocycles. The summed E-state index contributed by atoms with van der Waals surface area (Å²) in [7, 11) is -2.28. The van der Waals surface area contributed by atoms with Crippen LogP contribution in [0.15, 0.2) is 27.0 Å². The molecule has 27 heavy (non-hydrogen) atoms. The summed E-state index contributed by atoms with van der Waals surface area (Å²) in [5.74, 6) is -0.368. The van der Waals surface area contributed by atoms with E-state index in [-0.39, 0.29) is 11.0 Å². The van der Waals surface area contributed by atoms with Crippen molar-refractivity contribution in [1.82, 2.24) is 9.55 Å². The summed E-state index contributed by atoms with van der Waals surface area (Å²) < 4.78 is 13.8. The maximum absolute atomic E-state index is 12.2. The molecule has 0 aromatic carbocycles. The summed E-state index contributed by atoms with van der Waals surface area (Å²) in [5.41, 5.74) is -2.55. The molecule has 0 amide bonds. The number of nitrogens with one attached hydrogen (secondary N) is 1. The zero-order valence-electron chi connectivity index (χ0n) is 16.6. The summed E-state index contributed by atoms with van der Waals surface area (Å²) in [6.45, 7) is 11.7. The van der Waals surface area contributed by atoms with Crippen molar-refractivity contribution in [3.8, 4) is 0 Å². The molecular weight excluding hydrogens is 370 g/mol. The minimum absolute atomic E-state index is 0.100. The summed E-state index contributed by atoms with van der Waals surface area (Å²) >= 11 is 0. The minimum Gasteiger partial charge on any atom is -0.411 e. The van der Waals surface area contributed by atoms with Gasteiger partial charge in [-0.05, 0) is 18.1 Å². The van der Waals surface area contributed by atoms with Crippen molar-refractivity contribution < 1.29 is 19.5 Å². The monoisotopic (exact) mass is 399 g/mol. The normalized spacial score (nSPS) is 29.5. The van der Waals surface area contributed by atoms with Crippen LogP contribution in [0.3, 0.4) is 0 Å². The van der Waals surface area contributed by atoms with Gasteiger partial charge in [0.1, 0.15) is 6.23 Å². The summed E-state index contributed by atoms with van der Waals surface area (Å²) in [6, 6.07) is 1.22. The number of aromatic amines is 1. The van der Waals surface area contributed by atoms with Crippen LogP contribution < -0.4 is 11.2 Å². The standard InChI is InChI=1S/C17H29N3O6Si/c1-11-13(26-27(5,6)16(2,3)4)17(10-21,9-18-24)25-14(11)20-8-7-12(22)19-15(20)23/h7-9,11,13-14,21,24H,10H2,1-6H3,(H,19,22,23)/b18-9+. The molecule has 4 unspecified atom stereocenters. The lowest BCUT2D eigenvalue weighted by atomic mass is 9.92. The quantitative estimate of drug-likeness (QED) is 0.296. The van der Waals surface area contributed by atoms with Crippen LogP contribution in [0.4, 0.5) is 0 Å². The van der Waals surface area contributed by atoms with Crippen LogP contribution in [0.1, 0.15) is 33.9 Å². The molecule has 2 rings (SSSR count). The molecule has 0 radical (unpaired) electrons. The predicted molar refractivity (Wildman–Crippen MR) is 103 cm³/mol. The molecule has 9 nitrogen and oxygen atoms in total. The van der Waals surface area contributed by atoms with Crippen molar-refractivity contribution in [2.45, 2.75) is 63.8 Å². The lowest BCUT2D eigenvalue weighted by molar-refractivity contribution is -0.0813. The fraction of sp³-hybridized carbons (Fsp3) is 0.706. The second-order valence-electron chi connectivity index (χ2n) is 8.54. The first-order chi connectivity index (χ1) is 12.4. The van der Waals surface area contributed by atoms with Gasteiger partial charge >= 0.3 is 5.69 Å². The van der Waals surface area contributed by atoms with E-state index >= 15 is 0 Å². The number of aliphatic hydroxyl groups excluding tert-OH is 1. The van der Waals surface area contributed by atoms with Crippen LogP contribution in [-0.4, -0.2) is 52.7 Å². The Morgan fingerprint density at radius 2 is 2.07 bits per heavy atom. The highest BCUT2D eigenvalue weighted by atomic mass is 28.4. The van der Waals surface area contributed by atoms with E-state index in [2.05, 4.69) is 44.0 Å². The number of ether oxygens (including phenoxy) is 1. The van der Waals surface area contributed by atoms with Crippen molar-refractivity contribution in [2.24, 2.45) is 11.1 Å². The van der Waals surface area contributed by atoms with E-state index in [1.54, 1.807) is 0 Å². The highest BCUT2D eigenvalue weighted by Gasteiger charge is 2.57. The molecule has 1 aliphatic heterocycles. The Labute approximate surface area is 158 Å². The van der Waals surface area contributed by atoms with Gasteiger partial charge in [0.05, 0.1) is 18.9 Å². The van der Waals surface area contributed by atoms with E-state index in [4.69, 9.17) is 14.4 Å². The van der Waals surface area contributed by atoms with Gasteiger partial charge < -0.3 is 19.5 Å².